The van der Waals surface area contributed by atoms with Gasteiger partial charge >= 0.3 is 6.09 Å². The van der Waals surface area contributed by atoms with Gasteiger partial charge in [-0.2, -0.15) is 0 Å². The topological polar surface area (TPSA) is 77.0 Å². The van der Waals surface area contributed by atoms with Crippen LogP contribution in [0, 0.1) is 0 Å². The minimum absolute atomic E-state index is 0.0390. The maximum atomic E-state index is 11.4. The standard InChI is InChI=1S/C15H23NO5/c1-3-8-19-13-6-5-12(11-14(13)20-9-4-2)16-15(18)21-10-7-17/h5-6,11,17H,3-4,7-10H2,1-2H3,(H,16,18). The van der Waals surface area contributed by atoms with Gasteiger partial charge in [0.25, 0.3) is 0 Å². The zero-order chi connectivity index (χ0) is 15.5. The molecule has 1 aromatic carbocycles. The molecule has 0 atom stereocenters. The SMILES string of the molecule is CCCOc1ccc(NC(=O)OCCO)cc1OCCC. The van der Waals surface area contributed by atoms with E-state index in [1.165, 1.54) is 0 Å². The molecular weight excluding hydrogens is 274 g/mol. The average molecular weight is 297 g/mol. The molecule has 1 rings (SSSR count). The van der Waals surface area contributed by atoms with Crippen molar-refractivity contribution in [3.63, 3.8) is 0 Å². The van der Waals surface area contributed by atoms with Gasteiger partial charge in [-0.1, -0.05) is 13.8 Å². The molecule has 118 valence electrons. The fourth-order valence-corrected chi connectivity index (χ4v) is 1.53. The Morgan fingerprint density at radius 1 is 1.10 bits per heavy atom. The number of amides is 1. The van der Waals surface area contributed by atoms with Crippen molar-refractivity contribution in [1.82, 2.24) is 0 Å². The van der Waals surface area contributed by atoms with Crippen LogP contribution < -0.4 is 14.8 Å². The summed E-state index contributed by atoms with van der Waals surface area (Å²) in [7, 11) is 0. The first kappa shape index (κ1) is 17.1. The fourth-order valence-electron chi connectivity index (χ4n) is 1.53. The molecular formula is C15H23NO5. The molecule has 0 radical (unpaired) electrons. The Morgan fingerprint density at radius 2 is 1.76 bits per heavy atom. The summed E-state index contributed by atoms with van der Waals surface area (Å²) in [5, 5.41) is 11.2. The van der Waals surface area contributed by atoms with Crippen LogP contribution in [0.2, 0.25) is 0 Å². The molecule has 1 aromatic rings. The van der Waals surface area contributed by atoms with Gasteiger partial charge in [-0.15, -0.1) is 0 Å². The van der Waals surface area contributed by atoms with Crippen molar-refractivity contribution in [2.24, 2.45) is 0 Å². The summed E-state index contributed by atoms with van der Waals surface area (Å²) in [5.41, 5.74) is 0.549. The predicted molar refractivity (Wildman–Crippen MR) is 80.1 cm³/mol. The van der Waals surface area contributed by atoms with E-state index < -0.39 is 6.09 Å². The maximum Gasteiger partial charge on any atom is 0.411 e. The number of aliphatic hydroxyl groups is 1. The van der Waals surface area contributed by atoms with E-state index in [1.807, 2.05) is 13.8 Å². The van der Waals surface area contributed by atoms with Crippen LogP contribution in [0.25, 0.3) is 0 Å². The quantitative estimate of drug-likeness (QED) is 0.733. The van der Waals surface area contributed by atoms with Crippen LogP contribution in [0.15, 0.2) is 18.2 Å². The first-order valence-corrected chi connectivity index (χ1v) is 7.15. The predicted octanol–water partition coefficient (Wildman–Crippen LogP) is 2.81. The van der Waals surface area contributed by atoms with E-state index in [0.717, 1.165) is 12.8 Å². The highest BCUT2D eigenvalue weighted by molar-refractivity contribution is 5.85. The molecule has 0 unspecified atom stereocenters. The van der Waals surface area contributed by atoms with Crippen molar-refractivity contribution in [3.05, 3.63) is 18.2 Å². The highest BCUT2D eigenvalue weighted by atomic mass is 16.6. The first-order valence-electron chi connectivity index (χ1n) is 7.15. The molecule has 6 nitrogen and oxygen atoms in total. The Labute approximate surface area is 125 Å². The molecule has 0 heterocycles. The van der Waals surface area contributed by atoms with Gasteiger partial charge in [-0.25, -0.2) is 4.79 Å². The summed E-state index contributed by atoms with van der Waals surface area (Å²) in [4.78, 5) is 11.4. The van der Waals surface area contributed by atoms with Crippen molar-refractivity contribution in [3.8, 4) is 11.5 Å². The van der Waals surface area contributed by atoms with Gasteiger partial charge < -0.3 is 19.3 Å². The smallest absolute Gasteiger partial charge is 0.411 e. The lowest BCUT2D eigenvalue weighted by Gasteiger charge is -2.14. The second-order valence-corrected chi connectivity index (χ2v) is 4.34. The molecule has 0 spiro atoms. The molecule has 1 amide bonds. The first-order chi connectivity index (χ1) is 10.2. The van der Waals surface area contributed by atoms with Crippen LogP contribution in [-0.2, 0) is 4.74 Å². The third-order valence-electron chi connectivity index (χ3n) is 2.44. The summed E-state index contributed by atoms with van der Waals surface area (Å²) in [6.45, 7) is 4.97. The van der Waals surface area contributed by atoms with Gasteiger partial charge in [-0.3, -0.25) is 5.32 Å². The highest BCUT2D eigenvalue weighted by Gasteiger charge is 2.09. The third kappa shape index (κ3) is 6.35. The van der Waals surface area contributed by atoms with Gasteiger partial charge in [0.1, 0.15) is 6.61 Å². The van der Waals surface area contributed by atoms with Crippen LogP contribution in [0.4, 0.5) is 10.5 Å². The van der Waals surface area contributed by atoms with Crippen molar-refractivity contribution < 1.29 is 24.1 Å². The number of carbonyl (C=O) groups excluding carboxylic acids is 1. The number of ether oxygens (including phenoxy) is 3. The number of aliphatic hydroxyl groups excluding tert-OH is 1. The number of hydrogen-bond acceptors (Lipinski definition) is 5. The van der Waals surface area contributed by atoms with Gasteiger partial charge in [0.2, 0.25) is 0 Å². The second kappa shape index (κ2) is 9.88. The summed E-state index contributed by atoms with van der Waals surface area (Å²) >= 11 is 0. The number of rotatable bonds is 9. The summed E-state index contributed by atoms with van der Waals surface area (Å²) in [6, 6.07) is 5.16. The van der Waals surface area contributed by atoms with E-state index in [2.05, 4.69) is 5.32 Å². The van der Waals surface area contributed by atoms with E-state index in [1.54, 1.807) is 18.2 Å². The summed E-state index contributed by atoms with van der Waals surface area (Å²) in [6.07, 6.45) is 1.16. The Bertz CT molecular complexity index is 436. The highest BCUT2D eigenvalue weighted by Crippen LogP contribution is 2.31. The van der Waals surface area contributed by atoms with Crippen molar-refractivity contribution in [1.29, 1.82) is 0 Å². The molecule has 21 heavy (non-hydrogen) atoms. The van der Waals surface area contributed by atoms with E-state index in [-0.39, 0.29) is 13.2 Å². The Balaban J connectivity index is 2.74. The molecule has 0 aliphatic heterocycles. The lowest BCUT2D eigenvalue weighted by Crippen LogP contribution is -2.15. The minimum Gasteiger partial charge on any atom is -0.490 e. The minimum atomic E-state index is -0.618. The molecule has 0 bridgehead atoms. The Hall–Kier alpha value is -1.95. The molecule has 0 saturated heterocycles. The van der Waals surface area contributed by atoms with Crippen LogP contribution in [0.3, 0.4) is 0 Å². The van der Waals surface area contributed by atoms with Gasteiger partial charge in [0.05, 0.1) is 19.8 Å². The molecule has 0 aromatic heterocycles. The number of benzene rings is 1. The van der Waals surface area contributed by atoms with Crippen LogP contribution in [0.5, 0.6) is 11.5 Å². The number of nitrogens with one attached hydrogen (secondary N) is 1. The van der Waals surface area contributed by atoms with Gasteiger partial charge in [0, 0.05) is 11.8 Å². The summed E-state index contributed by atoms with van der Waals surface area (Å²) < 4.78 is 16.0. The number of anilines is 1. The van der Waals surface area contributed by atoms with Crippen LogP contribution >= 0.6 is 0 Å². The van der Waals surface area contributed by atoms with E-state index in [0.29, 0.717) is 30.4 Å². The van der Waals surface area contributed by atoms with Gasteiger partial charge in [0.15, 0.2) is 11.5 Å². The summed E-state index contributed by atoms with van der Waals surface area (Å²) in [5.74, 6) is 1.24. The van der Waals surface area contributed by atoms with E-state index in [9.17, 15) is 4.79 Å². The Morgan fingerprint density at radius 3 is 2.38 bits per heavy atom. The van der Waals surface area contributed by atoms with Crippen molar-refractivity contribution in [2.75, 3.05) is 31.7 Å². The van der Waals surface area contributed by atoms with Crippen molar-refractivity contribution >= 4 is 11.8 Å². The van der Waals surface area contributed by atoms with Crippen molar-refractivity contribution in [2.45, 2.75) is 26.7 Å². The Kier molecular flexibility index (Phi) is 8.04. The van der Waals surface area contributed by atoms with Crippen LogP contribution in [0.1, 0.15) is 26.7 Å². The number of hydrogen-bond donors (Lipinski definition) is 2. The lowest BCUT2D eigenvalue weighted by atomic mass is 10.2. The largest absolute Gasteiger partial charge is 0.490 e. The molecule has 0 aliphatic rings. The molecule has 0 fully saturated rings. The fraction of sp³-hybridized carbons (Fsp3) is 0.533. The third-order valence-corrected chi connectivity index (χ3v) is 2.44. The van der Waals surface area contributed by atoms with E-state index in [4.69, 9.17) is 19.3 Å². The monoisotopic (exact) mass is 297 g/mol. The van der Waals surface area contributed by atoms with Gasteiger partial charge in [-0.05, 0) is 25.0 Å². The zero-order valence-corrected chi connectivity index (χ0v) is 12.6. The van der Waals surface area contributed by atoms with Crippen LogP contribution in [-0.4, -0.2) is 37.6 Å². The molecule has 2 N–H and O–H groups in total. The van der Waals surface area contributed by atoms with E-state index >= 15 is 0 Å². The zero-order valence-electron chi connectivity index (χ0n) is 12.6. The number of carbonyl (C=O) groups is 1. The molecule has 0 saturated carbocycles. The maximum absolute atomic E-state index is 11.4. The normalized spacial score (nSPS) is 10.0. The molecule has 0 aliphatic carbocycles. The average Bonchev–Trinajstić information content (AvgIpc) is 2.49. The molecule has 6 heteroatoms. The second-order valence-electron chi connectivity index (χ2n) is 4.34. The lowest BCUT2D eigenvalue weighted by molar-refractivity contribution is 0.131.